The van der Waals surface area contributed by atoms with Crippen molar-refractivity contribution in [3.05, 3.63) is 38.1 Å². The first-order chi connectivity index (χ1) is 8.51. The molecule has 0 saturated heterocycles. The highest BCUT2D eigenvalue weighted by molar-refractivity contribution is 14.1. The Morgan fingerprint density at radius 2 is 2.17 bits per heavy atom. The minimum absolute atomic E-state index is 0.00688. The van der Waals surface area contributed by atoms with Crippen LogP contribution in [0.2, 0.25) is 0 Å². The molecule has 1 rings (SSSR count). The van der Waals surface area contributed by atoms with Crippen LogP contribution in [0.25, 0.3) is 0 Å². The van der Waals surface area contributed by atoms with E-state index in [0.29, 0.717) is 3.57 Å². The summed E-state index contributed by atoms with van der Waals surface area (Å²) in [5.74, 6) is -2.88. The van der Waals surface area contributed by atoms with Crippen LogP contribution in [-0.4, -0.2) is 24.4 Å². The first kappa shape index (κ1) is 14.7. The third-order valence-electron chi connectivity index (χ3n) is 2.06. The smallest absolute Gasteiger partial charge is 0.342 e. The molecule has 0 saturated carbocycles. The third-order valence-corrected chi connectivity index (χ3v) is 2.73. The summed E-state index contributed by atoms with van der Waals surface area (Å²) in [4.78, 5) is 33.7. The van der Waals surface area contributed by atoms with Crippen molar-refractivity contribution in [3.63, 3.8) is 0 Å². The summed E-state index contributed by atoms with van der Waals surface area (Å²) in [7, 11) is 0. The molecule has 0 aliphatic heterocycles. The van der Waals surface area contributed by atoms with Gasteiger partial charge in [-0.05, 0) is 52.9 Å². The van der Waals surface area contributed by atoms with Crippen molar-refractivity contribution in [3.8, 4) is 0 Å². The average molecular weight is 365 g/mol. The maximum atomic E-state index is 13.4. The molecule has 1 unspecified atom stereocenters. The second-order valence-electron chi connectivity index (χ2n) is 3.25. The molecule has 0 fully saturated rings. The molecular formula is C11H9FINO4. The van der Waals surface area contributed by atoms with Gasteiger partial charge < -0.3 is 4.74 Å². The number of hydrogen-bond acceptors (Lipinski definition) is 5. The van der Waals surface area contributed by atoms with Crippen LogP contribution < -0.4 is 0 Å². The fraction of sp³-hybridized carbons (Fsp3) is 0.273. The Hall–Kier alpha value is -1.38. The predicted molar refractivity (Wildman–Crippen MR) is 69.7 cm³/mol. The Morgan fingerprint density at radius 1 is 1.50 bits per heavy atom. The van der Waals surface area contributed by atoms with Gasteiger partial charge >= 0.3 is 5.97 Å². The monoisotopic (exact) mass is 365 g/mol. The normalized spacial score (nSPS) is 11.7. The maximum absolute atomic E-state index is 13.4. The first-order valence-electron chi connectivity index (χ1n) is 4.99. The largest absolute Gasteiger partial charge is 0.464 e. The third kappa shape index (κ3) is 3.31. The highest BCUT2D eigenvalue weighted by Gasteiger charge is 2.32. The van der Waals surface area contributed by atoms with Crippen LogP contribution in [0.3, 0.4) is 0 Å². The molecule has 1 aromatic carbocycles. The second-order valence-corrected chi connectivity index (χ2v) is 4.49. The van der Waals surface area contributed by atoms with E-state index in [-0.39, 0.29) is 12.2 Å². The summed E-state index contributed by atoms with van der Waals surface area (Å²) in [5, 5.41) is 2.41. The van der Waals surface area contributed by atoms with Crippen molar-refractivity contribution in [2.75, 3.05) is 6.61 Å². The number of halogens is 2. The Morgan fingerprint density at radius 3 is 2.72 bits per heavy atom. The number of ketones is 1. The van der Waals surface area contributed by atoms with Gasteiger partial charge in [0.1, 0.15) is 5.82 Å². The molecule has 0 N–H and O–H groups in total. The van der Waals surface area contributed by atoms with Crippen LogP contribution >= 0.6 is 22.6 Å². The Labute approximate surface area is 116 Å². The zero-order valence-corrected chi connectivity index (χ0v) is 11.5. The molecule has 1 atom stereocenters. The summed E-state index contributed by atoms with van der Waals surface area (Å²) in [6, 6.07) is 1.93. The van der Waals surface area contributed by atoms with Crippen molar-refractivity contribution in [2.24, 2.45) is 5.18 Å². The molecule has 0 aliphatic rings. The number of carbonyl (C=O) groups is 2. The van der Waals surface area contributed by atoms with E-state index in [0.717, 1.165) is 6.07 Å². The number of ether oxygens (including phenoxy) is 1. The lowest BCUT2D eigenvalue weighted by atomic mass is 10.0. The van der Waals surface area contributed by atoms with Crippen LogP contribution in [0, 0.1) is 14.3 Å². The number of esters is 1. The number of carbonyl (C=O) groups excluding carboxylic acids is 2. The van der Waals surface area contributed by atoms with Crippen molar-refractivity contribution in [1.29, 1.82) is 0 Å². The first-order valence-corrected chi connectivity index (χ1v) is 6.07. The van der Waals surface area contributed by atoms with E-state index < -0.39 is 23.6 Å². The summed E-state index contributed by atoms with van der Waals surface area (Å²) in [5.41, 5.74) is -0.348. The highest BCUT2D eigenvalue weighted by Crippen LogP contribution is 2.16. The lowest BCUT2D eigenvalue weighted by Gasteiger charge is -2.08. The molecule has 18 heavy (non-hydrogen) atoms. The van der Waals surface area contributed by atoms with Crippen LogP contribution in [0.5, 0.6) is 0 Å². The molecule has 0 spiro atoms. The minimum Gasteiger partial charge on any atom is -0.464 e. The highest BCUT2D eigenvalue weighted by atomic mass is 127. The van der Waals surface area contributed by atoms with Crippen LogP contribution in [-0.2, 0) is 9.53 Å². The molecule has 0 amide bonds. The fourth-order valence-corrected chi connectivity index (χ4v) is 1.74. The molecule has 0 heterocycles. The number of benzene rings is 1. The predicted octanol–water partition coefficient (Wildman–Crippen LogP) is 2.31. The summed E-state index contributed by atoms with van der Waals surface area (Å²) in [6.07, 6.45) is 0. The number of nitrogens with zero attached hydrogens (tertiary/aromatic N) is 1. The summed E-state index contributed by atoms with van der Waals surface area (Å²) in [6.45, 7) is 1.53. The quantitative estimate of drug-likeness (QED) is 0.264. The van der Waals surface area contributed by atoms with Crippen molar-refractivity contribution in [2.45, 2.75) is 13.0 Å². The van der Waals surface area contributed by atoms with Crippen molar-refractivity contribution >= 4 is 34.3 Å². The average Bonchev–Trinajstić information content (AvgIpc) is 2.33. The van der Waals surface area contributed by atoms with E-state index in [1.54, 1.807) is 0 Å². The zero-order chi connectivity index (χ0) is 13.7. The van der Waals surface area contributed by atoms with Crippen LogP contribution in [0.1, 0.15) is 17.3 Å². The van der Waals surface area contributed by atoms with Gasteiger partial charge in [0.05, 0.1) is 12.2 Å². The van der Waals surface area contributed by atoms with Crippen molar-refractivity contribution in [1.82, 2.24) is 0 Å². The lowest BCUT2D eigenvalue weighted by Crippen LogP contribution is -2.30. The Kier molecular flexibility index (Phi) is 5.32. The van der Waals surface area contributed by atoms with Crippen LogP contribution in [0.15, 0.2) is 23.4 Å². The number of rotatable bonds is 5. The molecule has 0 bridgehead atoms. The van der Waals surface area contributed by atoms with Gasteiger partial charge in [-0.15, -0.1) is 4.91 Å². The number of nitroso groups, excluding NO2 is 1. The molecular weight excluding hydrogens is 356 g/mol. The molecule has 1 aromatic rings. The van der Waals surface area contributed by atoms with Gasteiger partial charge in [-0.1, -0.05) is 0 Å². The van der Waals surface area contributed by atoms with Gasteiger partial charge in [0.25, 0.3) is 6.04 Å². The van der Waals surface area contributed by atoms with Crippen LogP contribution in [0.4, 0.5) is 4.39 Å². The van der Waals surface area contributed by atoms with E-state index in [1.807, 2.05) is 22.6 Å². The zero-order valence-electron chi connectivity index (χ0n) is 9.35. The standard InChI is InChI=1S/C11H9FINO4/c1-2-18-11(16)9(14-17)10(15)7-5-6(13)3-4-8(7)12/h3-5,9H,2H2,1H3. The summed E-state index contributed by atoms with van der Waals surface area (Å²) < 4.78 is 18.6. The van der Waals surface area contributed by atoms with Gasteiger partial charge in [0.15, 0.2) is 0 Å². The summed E-state index contributed by atoms with van der Waals surface area (Å²) >= 11 is 1.88. The second kappa shape index (κ2) is 6.53. The maximum Gasteiger partial charge on any atom is 0.342 e. The SMILES string of the molecule is CCOC(=O)C(N=O)C(=O)c1cc(I)ccc1F. The molecule has 0 aromatic heterocycles. The molecule has 0 radical (unpaired) electrons. The van der Waals surface area contributed by atoms with Gasteiger partial charge in [0, 0.05) is 3.57 Å². The Bertz CT molecular complexity index is 492. The van der Waals surface area contributed by atoms with Gasteiger partial charge in [-0.3, -0.25) is 4.79 Å². The molecule has 96 valence electrons. The van der Waals surface area contributed by atoms with E-state index in [9.17, 15) is 18.9 Å². The minimum atomic E-state index is -1.86. The van der Waals surface area contributed by atoms with Gasteiger partial charge in [0.2, 0.25) is 5.78 Å². The number of hydrogen-bond donors (Lipinski definition) is 0. The topological polar surface area (TPSA) is 72.8 Å². The van der Waals surface area contributed by atoms with E-state index in [2.05, 4.69) is 9.91 Å². The van der Waals surface area contributed by atoms with E-state index >= 15 is 0 Å². The molecule has 5 nitrogen and oxygen atoms in total. The van der Waals surface area contributed by atoms with Gasteiger partial charge in [-0.2, -0.15) is 0 Å². The fourth-order valence-electron chi connectivity index (χ4n) is 1.25. The van der Waals surface area contributed by atoms with Crippen molar-refractivity contribution < 1.29 is 18.7 Å². The Balaban J connectivity index is 3.07. The van der Waals surface area contributed by atoms with E-state index in [4.69, 9.17) is 0 Å². The lowest BCUT2D eigenvalue weighted by molar-refractivity contribution is -0.143. The van der Waals surface area contributed by atoms with E-state index in [1.165, 1.54) is 19.1 Å². The van der Waals surface area contributed by atoms with Gasteiger partial charge in [-0.25, -0.2) is 9.18 Å². The number of Topliss-reactive ketones (excluding diaryl/α,β-unsaturated/α-hetero) is 1. The molecule has 7 heteroatoms. The molecule has 0 aliphatic carbocycles.